The molecule has 1 aliphatic carbocycles. The van der Waals surface area contributed by atoms with Crippen molar-refractivity contribution in [3.8, 4) is 28.2 Å². The molecule has 1 amide bonds. The van der Waals surface area contributed by atoms with Gasteiger partial charge in [0, 0.05) is 53.5 Å². The highest BCUT2D eigenvalue weighted by Gasteiger charge is 2.23. The van der Waals surface area contributed by atoms with Crippen molar-refractivity contribution in [3.05, 3.63) is 87.8 Å². The van der Waals surface area contributed by atoms with Gasteiger partial charge in [-0.05, 0) is 67.1 Å². The molecular formula is C31H30N4O6. The smallest absolute Gasteiger partial charge is 0.336 e. The number of fused-ring (bicyclic) bond motifs is 2. The Morgan fingerprint density at radius 2 is 1.80 bits per heavy atom. The van der Waals surface area contributed by atoms with Crippen LogP contribution in [0, 0.1) is 0 Å². The first kappa shape index (κ1) is 27.6. The van der Waals surface area contributed by atoms with Crippen LogP contribution < -0.4 is 10.7 Å². The minimum atomic E-state index is -1.20. The summed E-state index contributed by atoms with van der Waals surface area (Å²) in [6, 6.07) is 13.3. The Bertz CT molecular complexity index is 1770. The number of aromatic carboxylic acids is 1. The lowest BCUT2D eigenvalue weighted by Gasteiger charge is -2.17. The summed E-state index contributed by atoms with van der Waals surface area (Å²) >= 11 is 0. The second kappa shape index (κ2) is 11.6. The molecule has 0 unspecified atom stereocenters. The van der Waals surface area contributed by atoms with Crippen molar-refractivity contribution in [2.75, 3.05) is 6.54 Å². The van der Waals surface area contributed by atoms with Gasteiger partial charge in [-0.1, -0.05) is 25.1 Å². The molecule has 1 aliphatic heterocycles. The van der Waals surface area contributed by atoms with Crippen molar-refractivity contribution in [2.45, 2.75) is 45.6 Å². The van der Waals surface area contributed by atoms with Crippen molar-refractivity contribution in [2.24, 2.45) is 0 Å². The van der Waals surface area contributed by atoms with Crippen LogP contribution in [0.4, 0.5) is 0 Å². The molecule has 2 aromatic carbocycles. The van der Waals surface area contributed by atoms with Crippen LogP contribution in [0.25, 0.3) is 33.4 Å². The first-order valence-electron chi connectivity index (χ1n) is 13.5. The minimum absolute atomic E-state index is 0.0334. The fourth-order valence-electron chi connectivity index (χ4n) is 4.80. The molecule has 2 heterocycles. The molecule has 0 bridgehead atoms. The molecule has 5 rings (SSSR count). The molecule has 0 saturated heterocycles. The standard InChI is InChI=1S/C31H30N4O6/c1-18(2)26-17-35(34-33-26)13-5-3-4-12-32-30(38)19-6-9-22(25(14-19)31(39)40)29-23-10-7-20(36)15-27(23)41-28-16-21(37)8-11-24(28)29/h6-11,14-18,36H,3-5,12-13H2,1-2H3,(H,32,38)(H,39,40). The number of amides is 1. The quantitative estimate of drug-likeness (QED) is 0.156. The summed E-state index contributed by atoms with van der Waals surface area (Å²) in [5.41, 5.74) is 2.56. The number of unbranched alkanes of at least 4 members (excludes halogenated alkanes) is 2. The second-order valence-corrected chi connectivity index (χ2v) is 10.3. The predicted molar refractivity (Wildman–Crippen MR) is 153 cm³/mol. The van der Waals surface area contributed by atoms with Crippen LogP contribution in [0.1, 0.15) is 65.4 Å². The Morgan fingerprint density at radius 1 is 1.00 bits per heavy atom. The van der Waals surface area contributed by atoms with E-state index in [1.165, 1.54) is 30.3 Å². The van der Waals surface area contributed by atoms with Gasteiger partial charge in [-0.2, -0.15) is 0 Å². The van der Waals surface area contributed by atoms with E-state index >= 15 is 0 Å². The number of phenolic OH excluding ortho intramolecular Hbond substituents is 1. The van der Waals surface area contributed by atoms with Crippen molar-refractivity contribution < 1.29 is 24.2 Å². The van der Waals surface area contributed by atoms with Gasteiger partial charge in [0.2, 0.25) is 0 Å². The summed E-state index contributed by atoms with van der Waals surface area (Å²) in [5.74, 6) is -1.01. The van der Waals surface area contributed by atoms with Gasteiger partial charge in [-0.15, -0.1) is 5.10 Å². The Balaban J connectivity index is 1.33. The lowest BCUT2D eigenvalue weighted by atomic mass is 9.90. The number of benzene rings is 3. The molecule has 41 heavy (non-hydrogen) atoms. The van der Waals surface area contributed by atoms with E-state index in [0.717, 1.165) is 31.5 Å². The summed E-state index contributed by atoms with van der Waals surface area (Å²) in [6.45, 7) is 5.35. The third kappa shape index (κ3) is 5.96. The molecule has 210 valence electrons. The zero-order valence-electron chi connectivity index (χ0n) is 22.8. The first-order chi connectivity index (χ1) is 19.7. The van der Waals surface area contributed by atoms with Crippen LogP contribution in [0.5, 0.6) is 5.75 Å². The van der Waals surface area contributed by atoms with Crippen LogP contribution in [0.3, 0.4) is 0 Å². The number of carbonyl (C=O) groups is 2. The summed E-state index contributed by atoms with van der Waals surface area (Å²) in [7, 11) is 0. The number of phenols is 1. The van der Waals surface area contributed by atoms with Gasteiger partial charge in [0.15, 0.2) is 5.43 Å². The van der Waals surface area contributed by atoms with Gasteiger partial charge in [-0.25, -0.2) is 4.79 Å². The topological polar surface area (TPSA) is 148 Å². The maximum Gasteiger partial charge on any atom is 0.336 e. The summed E-state index contributed by atoms with van der Waals surface area (Å²) < 4.78 is 7.69. The van der Waals surface area contributed by atoms with E-state index in [-0.39, 0.29) is 34.0 Å². The average molecular weight is 555 g/mol. The Morgan fingerprint density at radius 3 is 2.56 bits per heavy atom. The predicted octanol–water partition coefficient (Wildman–Crippen LogP) is 5.28. The van der Waals surface area contributed by atoms with E-state index in [1.54, 1.807) is 24.3 Å². The van der Waals surface area contributed by atoms with Crippen LogP contribution in [0.2, 0.25) is 0 Å². The zero-order valence-corrected chi connectivity index (χ0v) is 22.8. The highest BCUT2D eigenvalue weighted by atomic mass is 16.4. The molecule has 0 saturated carbocycles. The molecule has 2 aliphatic rings. The third-order valence-corrected chi connectivity index (χ3v) is 6.96. The second-order valence-electron chi connectivity index (χ2n) is 10.3. The first-order valence-corrected chi connectivity index (χ1v) is 13.5. The van der Waals surface area contributed by atoms with Gasteiger partial charge in [-0.3, -0.25) is 14.3 Å². The van der Waals surface area contributed by atoms with Crippen LogP contribution >= 0.6 is 0 Å². The largest absolute Gasteiger partial charge is 0.508 e. The van der Waals surface area contributed by atoms with E-state index in [0.29, 0.717) is 40.1 Å². The van der Waals surface area contributed by atoms with E-state index < -0.39 is 5.97 Å². The summed E-state index contributed by atoms with van der Waals surface area (Å²) in [4.78, 5) is 37.3. The summed E-state index contributed by atoms with van der Waals surface area (Å²) in [6.07, 6.45) is 4.50. The van der Waals surface area contributed by atoms with Gasteiger partial charge in [0.1, 0.15) is 17.1 Å². The molecule has 0 fully saturated rings. The van der Waals surface area contributed by atoms with Crippen LogP contribution in [-0.2, 0) is 6.54 Å². The fraction of sp³-hybridized carbons (Fsp3) is 0.258. The van der Waals surface area contributed by atoms with E-state index in [2.05, 4.69) is 29.5 Å². The number of aryl methyl sites for hydroxylation is 1. The molecule has 3 N–H and O–H groups in total. The van der Waals surface area contributed by atoms with Crippen molar-refractivity contribution in [1.29, 1.82) is 0 Å². The number of nitrogens with zero attached hydrogens (tertiary/aromatic N) is 3. The Hall–Kier alpha value is -4.99. The SMILES string of the molecule is CC(C)c1cn(CCCCCNC(=O)c2ccc(-c3c4ccc(=O)cc-4oc4cc(O)ccc34)c(C(=O)O)c2)nn1. The molecule has 10 nitrogen and oxygen atoms in total. The number of hydrogen-bond donors (Lipinski definition) is 3. The Kier molecular flexibility index (Phi) is 7.82. The molecule has 10 heteroatoms. The number of hydrogen-bond acceptors (Lipinski definition) is 7. The minimum Gasteiger partial charge on any atom is -0.508 e. The average Bonchev–Trinajstić information content (AvgIpc) is 3.42. The number of carboxylic acids is 1. The molecular weight excluding hydrogens is 524 g/mol. The van der Waals surface area contributed by atoms with Crippen molar-refractivity contribution in [1.82, 2.24) is 20.3 Å². The number of nitrogens with one attached hydrogen (secondary N) is 1. The zero-order chi connectivity index (χ0) is 29.1. The molecule has 0 radical (unpaired) electrons. The van der Waals surface area contributed by atoms with Gasteiger partial charge < -0.3 is 19.9 Å². The highest BCUT2D eigenvalue weighted by molar-refractivity contribution is 6.09. The lowest BCUT2D eigenvalue weighted by molar-refractivity contribution is 0.0697. The van der Waals surface area contributed by atoms with Gasteiger partial charge in [0.05, 0.1) is 11.3 Å². The molecule has 1 aromatic heterocycles. The van der Waals surface area contributed by atoms with E-state index in [4.69, 9.17) is 4.42 Å². The van der Waals surface area contributed by atoms with Crippen LogP contribution in [-0.4, -0.2) is 43.6 Å². The fourth-order valence-corrected chi connectivity index (χ4v) is 4.80. The number of aromatic nitrogens is 3. The number of carbonyl (C=O) groups excluding carboxylic acids is 1. The third-order valence-electron chi connectivity index (χ3n) is 6.96. The van der Waals surface area contributed by atoms with E-state index in [1.807, 2.05) is 10.9 Å². The molecule has 0 atom stereocenters. The normalized spacial score (nSPS) is 11.4. The maximum atomic E-state index is 12.9. The van der Waals surface area contributed by atoms with E-state index in [9.17, 15) is 24.6 Å². The number of rotatable bonds is 10. The lowest BCUT2D eigenvalue weighted by Crippen LogP contribution is -2.24. The monoisotopic (exact) mass is 554 g/mol. The van der Waals surface area contributed by atoms with Crippen LogP contribution in [0.15, 0.2) is 70.0 Å². The van der Waals surface area contributed by atoms with Gasteiger partial charge in [0.25, 0.3) is 5.91 Å². The van der Waals surface area contributed by atoms with Crippen molar-refractivity contribution in [3.63, 3.8) is 0 Å². The van der Waals surface area contributed by atoms with Crippen molar-refractivity contribution >= 4 is 22.8 Å². The molecule has 3 aromatic rings. The summed E-state index contributed by atoms with van der Waals surface area (Å²) in [5, 5.41) is 31.8. The highest BCUT2D eigenvalue weighted by Crippen LogP contribution is 2.42. The number of carboxylic acid groups (broad SMARTS) is 1. The Labute approximate surface area is 235 Å². The molecule has 0 spiro atoms. The van der Waals surface area contributed by atoms with Gasteiger partial charge >= 0.3 is 5.97 Å². The number of aromatic hydroxyl groups is 1. The maximum absolute atomic E-state index is 12.9.